The van der Waals surface area contributed by atoms with Gasteiger partial charge in [-0.3, -0.25) is 4.79 Å². The Bertz CT molecular complexity index is 274. The quantitative estimate of drug-likeness (QED) is 0.561. The molecule has 1 unspecified atom stereocenters. The molecule has 0 aliphatic carbocycles. The van der Waals surface area contributed by atoms with Crippen LogP contribution in [0.4, 0.5) is 0 Å². The van der Waals surface area contributed by atoms with E-state index in [0.717, 1.165) is 0 Å². The Morgan fingerprint density at radius 2 is 2.08 bits per heavy atom. The number of amides is 1. The van der Waals surface area contributed by atoms with Crippen molar-refractivity contribution in [1.82, 2.24) is 5.32 Å². The Morgan fingerprint density at radius 1 is 1.46 bits per heavy atom. The summed E-state index contributed by atoms with van der Waals surface area (Å²) >= 11 is 0. The molecule has 4 heteroatoms. The molecule has 0 saturated heterocycles. The van der Waals surface area contributed by atoms with Gasteiger partial charge in [0.1, 0.15) is 0 Å². The van der Waals surface area contributed by atoms with Crippen LogP contribution in [0.15, 0.2) is 30.3 Å². The minimum absolute atomic E-state index is 0.121. The number of nitrogens with one attached hydrogen (secondary N) is 1. The summed E-state index contributed by atoms with van der Waals surface area (Å²) in [7, 11) is 0. The van der Waals surface area contributed by atoms with Crippen molar-refractivity contribution < 1.29 is 9.90 Å². The molecule has 4 N–H and O–H groups in total. The van der Waals surface area contributed by atoms with Crippen molar-refractivity contribution >= 4 is 5.91 Å². The molecule has 0 radical (unpaired) electrons. The van der Waals surface area contributed by atoms with Crippen LogP contribution in [0.1, 0.15) is 11.8 Å². The maximum absolute atomic E-state index is 10.8. The number of rotatable bonds is 3. The van der Waals surface area contributed by atoms with E-state index in [-0.39, 0.29) is 12.5 Å². The molecular weight excluding hydrogens is 168 g/mol. The molecule has 1 aromatic rings. The fourth-order valence-electron chi connectivity index (χ4n) is 0.930. The lowest BCUT2D eigenvalue weighted by molar-refractivity contribution is -0.122. The van der Waals surface area contributed by atoms with Gasteiger partial charge in [0.15, 0.2) is 6.23 Å². The predicted octanol–water partition coefficient (Wildman–Crippen LogP) is -0.248. The first-order valence-electron chi connectivity index (χ1n) is 3.96. The number of carbonyl (C=O) groups is 1. The number of benzene rings is 1. The summed E-state index contributed by atoms with van der Waals surface area (Å²) in [6, 6.07) is 8.85. The van der Waals surface area contributed by atoms with Crippen molar-refractivity contribution in [2.24, 2.45) is 5.73 Å². The van der Waals surface area contributed by atoms with Crippen LogP contribution in [0.3, 0.4) is 0 Å². The molecule has 0 aliphatic rings. The largest absolute Gasteiger partial charge is 0.369 e. The highest BCUT2D eigenvalue weighted by Crippen LogP contribution is 2.07. The molecule has 1 aromatic carbocycles. The summed E-state index contributed by atoms with van der Waals surface area (Å²) in [5.74, 6) is -0.378. The van der Waals surface area contributed by atoms with Crippen LogP contribution in [0, 0.1) is 0 Å². The van der Waals surface area contributed by atoms with Crippen molar-refractivity contribution in [3.05, 3.63) is 35.9 Å². The second-order valence-electron chi connectivity index (χ2n) is 2.58. The van der Waals surface area contributed by atoms with E-state index in [1.54, 1.807) is 24.3 Å². The fraction of sp³-hybridized carbons (Fsp3) is 0.222. The van der Waals surface area contributed by atoms with Gasteiger partial charge in [-0.15, -0.1) is 0 Å². The van der Waals surface area contributed by atoms with Crippen LogP contribution in [-0.4, -0.2) is 17.6 Å². The Hall–Kier alpha value is -1.39. The van der Waals surface area contributed by atoms with Crippen molar-refractivity contribution in [3.63, 3.8) is 0 Å². The van der Waals surface area contributed by atoms with Gasteiger partial charge in [-0.05, 0) is 0 Å². The van der Waals surface area contributed by atoms with Gasteiger partial charge in [-0.25, -0.2) is 0 Å². The number of nitrogens with two attached hydrogens (primary N) is 1. The van der Waals surface area contributed by atoms with Crippen LogP contribution < -0.4 is 11.1 Å². The Morgan fingerprint density at radius 3 is 2.62 bits per heavy atom. The summed E-state index contributed by atoms with van der Waals surface area (Å²) < 4.78 is 0. The van der Waals surface area contributed by atoms with E-state index in [1.165, 1.54) is 0 Å². The van der Waals surface area contributed by atoms with E-state index in [2.05, 4.69) is 5.32 Å². The standard InChI is InChI=1S/C9H12N2O2/c10-6-8(12)11-9(13)7-4-2-1-3-5-7/h1-5,9,13H,6,10H2,(H,11,12). The van der Waals surface area contributed by atoms with Crippen LogP contribution >= 0.6 is 0 Å². The van der Waals surface area contributed by atoms with Gasteiger partial charge in [0.05, 0.1) is 6.54 Å². The van der Waals surface area contributed by atoms with Gasteiger partial charge >= 0.3 is 0 Å². The van der Waals surface area contributed by atoms with Crippen LogP contribution in [0.25, 0.3) is 0 Å². The molecule has 0 aliphatic heterocycles. The summed E-state index contributed by atoms with van der Waals surface area (Å²) in [5, 5.41) is 11.8. The zero-order chi connectivity index (χ0) is 9.68. The van der Waals surface area contributed by atoms with E-state index in [0.29, 0.717) is 5.56 Å². The van der Waals surface area contributed by atoms with E-state index in [4.69, 9.17) is 5.73 Å². The minimum atomic E-state index is -0.975. The van der Waals surface area contributed by atoms with E-state index >= 15 is 0 Å². The molecule has 13 heavy (non-hydrogen) atoms. The second-order valence-corrected chi connectivity index (χ2v) is 2.58. The number of aliphatic hydroxyl groups excluding tert-OH is 1. The summed E-state index contributed by atoms with van der Waals surface area (Å²) in [4.78, 5) is 10.8. The van der Waals surface area contributed by atoms with Gasteiger partial charge < -0.3 is 16.2 Å². The second kappa shape index (κ2) is 4.59. The molecule has 4 nitrogen and oxygen atoms in total. The highest BCUT2D eigenvalue weighted by Gasteiger charge is 2.08. The van der Waals surface area contributed by atoms with Crippen LogP contribution in [0.2, 0.25) is 0 Å². The van der Waals surface area contributed by atoms with Crippen molar-refractivity contribution in [2.75, 3.05) is 6.54 Å². The normalized spacial score (nSPS) is 12.2. The van der Waals surface area contributed by atoms with Gasteiger partial charge in [-0.2, -0.15) is 0 Å². The SMILES string of the molecule is NCC(=O)NC(O)c1ccccc1. The molecule has 1 amide bonds. The molecule has 0 aromatic heterocycles. The fourth-order valence-corrected chi connectivity index (χ4v) is 0.930. The average molecular weight is 180 g/mol. The molecule has 70 valence electrons. The molecular formula is C9H12N2O2. The van der Waals surface area contributed by atoms with Crippen molar-refractivity contribution in [2.45, 2.75) is 6.23 Å². The molecule has 0 bridgehead atoms. The van der Waals surface area contributed by atoms with Crippen molar-refractivity contribution in [1.29, 1.82) is 0 Å². The first kappa shape index (κ1) is 9.70. The van der Waals surface area contributed by atoms with E-state index < -0.39 is 6.23 Å². The number of hydrogen-bond acceptors (Lipinski definition) is 3. The molecule has 0 saturated carbocycles. The third-order valence-corrected chi connectivity index (χ3v) is 1.60. The van der Waals surface area contributed by atoms with Crippen LogP contribution in [-0.2, 0) is 4.79 Å². The monoisotopic (exact) mass is 180 g/mol. The highest BCUT2D eigenvalue weighted by atomic mass is 16.3. The van der Waals surface area contributed by atoms with Gasteiger partial charge in [0.2, 0.25) is 5.91 Å². The van der Waals surface area contributed by atoms with E-state index in [9.17, 15) is 9.90 Å². The topological polar surface area (TPSA) is 75.4 Å². The predicted molar refractivity (Wildman–Crippen MR) is 48.6 cm³/mol. The van der Waals surface area contributed by atoms with Crippen molar-refractivity contribution in [3.8, 4) is 0 Å². The number of hydrogen-bond donors (Lipinski definition) is 3. The third kappa shape index (κ3) is 2.85. The molecule has 0 fully saturated rings. The molecule has 0 spiro atoms. The third-order valence-electron chi connectivity index (χ3n) is 1.60. The lowest BCUT2D eigenvalue weighted by atomic mass is 10.2. The maximum Gasteiger partial charge on any atom is 0.235 e. The van der Waals surface area contributed by atoms with Gasteiger partial charge in [0, 0.05) is 5.56 Å². The first-order valence-corrected chi connectivity index (χ1v) is 3.96. The molecule has 1 rings (SSSR count). The minimum Gasteiger partial charge on any atom is -0.369 e. The van der Waals surface area contributed by atoms with Crippen LogP contribution in [0.5, 0.6) is 0 Å². The average Bonchev–Trinajstić information content (AvgIpc) is 2.19. The maximum atomic E-state index is 10.8. The summed E-state index contributed by atoms with van der Waals surface area (Å²) in [6.07, 6.45) is -0.975. The molecule has 1 atom stereocenters. The van der Waals surface area contributed by atoms with Gasteiger partial charge in [-0.1, -0.05) is 30.3 Å². The highest BCUT2D eigenvalue weighted by molar-refractivity contribution is 5.78. The summed E-state index contributed by atoms with van der Waals surface area (Å²) in [6.45, 7) is -0.121. The molecule has 0 heterocycles. The van der Waals surface area contributed by atoms with E-state index in [1.807, 2.05) is 6.07 Å². The Labute approximate surface area is 76.4 Å². The smallest absolute Gasteiger partial charge is 0.235 e. The summed E-state index contributed by atoms with van der Waals surface area (Å²) in [5.41, 5.74) is 5.72. The zero-order valence-corrected chi connectivity index (χ0v) is 7.10. The zero-order valence-electron chi connectivity index (χ0n) is 7.10. The lowest BCUT2D eigenvalue weighted by Gasteiger charge is -2.11. The Balaban J connectivity index is 2.59. The number of aliphatic hydroxyl groups is 1. The number of carbonyl (C=O) groups excluding carboxylic acids is 1. The van der Waals surface area contributed by atoms with Gasteiger partial charge in [0.25, 0.3) is 0 Å². The first-order chi connectivity index (χ1) is 6.24. The Kier molecular flexibility index (Phi) is 3.42. The lowest BCUT2D eigenvalue weighted by Crippen LogP contribution is -2.33.